The fourth-order valence-corrected chi connectivity index (χ4v) is 5.91. The van der Waals surface area contributed by atoms with E-state index in [0.717, 1.165) is 38.7 Å². The zero-order valence-corrected chi connectivity index (χ0v) is 15.6. The number of hydrogen-bond donors (Lipinski definition) is 1. The van der Waals surface area contributed by atoms with Crippen LogP contribution in [-0.4, -0.2) is 37.8 Å². The number of anilines is 1. The molecule has 0 bridgehead atoms. The molecule has 4 rings (SSSR count). The quantitative estimate of drug-likeness (QED) is 0.733. The molecule has 25 heavy (non-hydrogen) atoms. The molecule has 9 heteroatoms. The Morgan fingerprint density at radius 2 is 2.16 bits per heavy atom. The number of H-pyrrole nitrogens is 1. The molecule has 0 unspecified atom stereocenters. The molecule has 0 amide bonds. The fourth-order valence-electron chi connectivity index (χ4n) is 2.73. The molecule has 0 atom stereocenters. The largest absolute Gasteiger partial charge is 0.351 e. The molecule has 1 aliphatic heterocycles. The Bertz CT molecular complexity index is 1070. The number of benzene rings is 1. The number of hydrogen-bond acceptors (Lipinski definition) is 5. The first-order valence-corrected chi connectivity index (χ1v) is 10.8. The molecule has 5 nitrogen and oxygen atoms in total. The molecule has 1 aromatic carbocycles. The number of aliphatic imine (C=N–C) groups is 1. The monoisotopic (exact) mass is 395 g/mol. The van der Waals surface area contributed by atoms with E-state index in [1.807, 2.05) is 6.07 Å². The highest BCUT2D eigenvalue weighted by atomic mass is 32.2. The average molecular weight is 396 g/mol. The highest BCUT2D eigenvalue weighted by molar-refractivity contribution is 8.14. The van der Waals surface area contributed by atoms with E-state index in [1.54, 1.807) is 23.2 Å². The van der Waals surface area contributed by atoms with Crippen LogP contribution in [0.2, 0.25) is 0 Å². The van der Waals surface area contributed by atoms with Crippen molar-refractivity contribution in [1.29, 1.82) is 0 Å². The van der Waals surface area contributed by atoms with Gasteiger partial charge in [0.25, 0.3) is 10.0 Å². The Morgan fingerprint density at radius 1 is 1.32 bits per heavy atom. The third-order valence-electron chi connectivity index (χ3n) is 3.94. The van der Waals surface area contributed by atoms with Crippen LogP contribution in [0.15, 0.2) is 44.9 Å². The van der Waals surface area contributed by atoms with Crippen LogP contribution in [0.1, 0.15) is 5.69 Å². The van der Waals surface area contributed by atoms with E-state index in [2.05, 4.69) is 9.98 Å². The second-order valence-corrected chi connectivity index (χ2v) is 9.74. The van der Waals surface area contributed by atoms with Gasteiger partial charge in [0, 0.05) is 30.8 Å². The first kappa shape index (κ1) is 16.6. The van der Waals surface area contributed by atoms with Crippen LogP contribution in [0.25, 0.3) is 10.9 Å². The first-order chi connectivity index (χ1) is 12.0. The number of thiophene rings is 1. The minimum Gasteiger partial charge on any atom is -0.351 e. The zero-order valence-electron chi connectivity index (χ0n) is 13.2. The lowest BCUT2D eigenvalue weighted by Crippen LogP contribution is -2.26. The van der Waals surface area contributed by atoms with Crippen LogP contribution < -0.4 is 4.31 Å². The number of nitrogens with zero attached hydrogens (tertiary/aromatic N) is 2. The lowest BCUT2D eigenvalue weighted by Gasteiger charge is -2.19. The van der Waals surface area contributed by atoms with Crippen molar-refractivity contribution in [3.8, 4) is 0 Å². The summed E-state index contributed by atoms with van der Waals surface area (Å²) in [4.78, 5) is 7.62. The van der Waals surface area contributed by atoms with Crippen molar-refractivity contribution in [2.24, 2.45) is 4.99 Å². The molecule has 3 heterocycles. The molecule has 0 spiro atoms. The van der Waals surface area contributed by atoms with Crippen molar-refractivity contribution in [3.63, 3.8) is 0 Å². The van der Waals surface area contributed by atoms with E-state index in [1.165, 1.54) is 25.2 Å². The molecule has 3 aromatic rings. The molecule has 0 saturated carbocycles. The number of rotatable bonds is 4. The van der Waals surface area contributed by atoms with Gasteiger partial charge in [0.15, 0.2) is 0 Å². The standard InChI is InChI=1S/C16H14FN3O2S3/c1-20(25(21,22)14-3-2-5-23-14)13-9-11(17)7-10-8-12(19-15(10)13)16-18-4-6-24-16/h2-3,5,7-9,19H,4,6H2,1H3. The van der Waals surface area contributed by atoms with Gasteiger partial charge in [0.1, 0.15) is 15.1 Å². The lowest BCUT2D eigenvalue weighted by atomic mass is 10.2. The summed E-state index contributed by atoms with van der Waals surface area (Å²) in [5, 5.41) is 3.18. The molecule has 2 aromatic heterocycles. The van der Waals surface area contributed by atoms with Gasteiger partial charge in [-0.05, 0) is 23.6 Å². The van der Waals surface area contributed by atoms with E-state index >= 15 is 0 Å². The normalized spacial score (nSPS) is 14.9. The summed E-state index contributed by atoms with van der Waals surface area (Å²) in [6.07, 6.45) is 0. The number of halogens is 1. The van der Waals surface area contributed by atoms with Crippen LogP contribution in [0.3, 0.4) is 0 Å². The van der Waals surface area contributed by atoms with Gasteiger partial charge in [-0.15, -0.1) is 23.1 Å². The Morgan fingerprint density at radius 3 is 2.84 bits per heavy atom. The van der Waals surface area contributed by atoms with Gasteiger partial charge in [0.2, 0.25) is 0 Å². The molecule has 0 fully saturated rings. The van der Waals surface area contributed by atoms with Crippen molar-refractivity contribution < 1.29 is 12.8 Å². The summed E-state index contributed by atoms with van der Waals surface area (Å²) < 4.78 is 41.0. The highest BCUT2D eigenvalue weighted by Crippen LogP contribution is 2.33. The first-order valence-electron chi connectivity index (χ1n) is 7.49. The third kappa shape index (κ3) is 2.86. The maximum Gasteiger partial charge on any atom is 0.273 e. The van der Waals surface area contributed by atoms with Crippen LogP contribution in [0, 0.1) is 5.82 Å². The number of sulfonamides is 1. The summed E-state index contributed by atoms with van der Waals surface area (Å²) >= 11 is 2.76. The second-order valence-electron chi connectivity index (χ2n) is 5.51. The summed E-state index contributed by atoms with van der Waals surface area (Å²) in [7, 11) is -2.30. The lowest BCUT2D eigenvalue weighted by molar-refractivity contribution is 0.596. The van der Waals surface area contributed by atoms with Crippen LogP contribution in [0.5, 0.6) is 0 Å². The number of thioether (sulfide) groups is 1. The summed E-state index contributed by atoms with van der Waals surface area (Å²) in [5.74, 6) is 0.431. The molecule has 0 aliphatic carbocycles. The van der Waals surface area contributed by atoms with E-state index in [9.17, 15) is 12.8 Å². The second kappa shape index (κ2) is 6.15. The molecular formula is C16H14FN3O2S3. The summed E-state index contributed by atoms with van der Waals surface area (Å²) in [5.41, 5.74) is 1.64. The van der Waals surface area contributed by atoms with Crippen molar-refractivity contribution in [3.05, 3.63) is 47.2 Å². The third-order valence-corrected chi connectivity index (χ3v) is 8.09. The smallest absolute Gasteiger partial charge is 0.273 e. The van der Waals surface area contributed by atoms with Gasteiger partial charge < -0.3 is 4.98 Å². The molecular weight excluding hydrogens is 381 g/mol. The molecule has 1 N–H and O–H groups in total. The van der Waals surface area contributed by atoms with Gasteiger partial charge in [0.05, 0.1) is 16.9 Å². The predicted molar refractivity (Wildman–Crippen MR) is 102 cm³/mol. The summed E-state index contributed by atoms with van der Waals surface area (Å²) in [6.45, 7) is 0.753. The van der Waals surface area contributed by atoms with Gasteiger partial charge in [-0.25, -0.2) is 12.8 Å². The Labute approximate surface area is 152 Å². The maximum atomic E-state index is 14.1. The topological polar surface area (TPSA) is 65.5 Å². The number of nitrogens with one attached hydrogen (secondary N) is 1. The predicted octanol–water partition coefficient (Wildman–Crippen LogP) is 3.69. The molecule has 0 saturated heterocycles. The van der Waals surface area contributed by atoms with Crippen LogP contribution in [0.4, 0.5) is 10.1 Å². The average Bonchev–Trinajstić information content (AvgIpc) is 3.31. The van der Waals surface area contributed by atoms with Gasteiger partial charge in [-0.2, -0.15) is 0 Å². The number of aromatic amines is 1. The fraction of sp³-hybridized carbons (Fsp3) is 0.188. The van der Waals surface area contributed by atoms with Gasteiger partial charge >= 0.3 is 0 Å². The Kier molecular flexibility index (Phi) is 4.09. The van der Waals surface area contributed by atoms with Crippen molar-refractivity contribution >= 4 is 54.8 Å². The Balaban J connectivity index is 1.86. The van der Waals surface area contributed by atoms with E-state index < -0.39 is 15.8 Å². The van der Waals surface area contributed by atoms with E-state index in [0.29, 0.717) is 10.9 Å². The molecule has 130 valence electrons. The molecule has 0 radical (unpaired) electrons. The Hall–Kier alpha value is -1.84. The highest BCUT2D eigenvalue weighted by Gasteiger charge is 2.25. The maximum absolute atomic E-state index is 14.1. The molecule has 1 aliphatic rings. The van der Waals surface area contributed by atoms with Crippen LogP contribution in [-0.2, 0) is 10.0 Å². The zero-order chi connectivity index (χ0) is 17.6. The number of fused-ring (bicyclic) bond motifs is 1. The van der Waals surface area contributed by atoms with E-state index in [-0.39, 0.29) is 9.90 Å². The SMILES string of the molecule is CN(c1cc(F)cc2cc(C3=NCCS3)[nH]c12)S(=O)(=O)c1cccs1. The van der Waals surface area contributed by atoms with Gasteiger partial charge in [-0.3, -0.25) is 9.30 Å². The van der Waals surface area contributed by atoms with E-state index in [4.69, 9.17) is 0 Å². The van der Waals surface area contributed by atoms with Crippen molar-refractivity contribution in [2.75, 3.05) is 23.7 Å². The summed E-state index contributed by atoms with van der Waals surface area (Å²) in [6, 6.07) is 7.65. The van der Waals surface area contributed by atoms with Gasteiger partial charge in [-0.1, -0.05) is 6.07 Å². The minimum absolute atomic E-state index is 0.218. The van der Waals surface area contributed by atoms with Crippen molar-refractivity contribution in [2.45, 2.75) is 4.21 Å². The number of aromatic nitrogens is 1. The van der Waals surface area contributed by atoms with Crippen LogP contribution >= 0.6 is 23.1 Å². The van der Waals surface area contributed by atoms with Crippen molar-refractivity contribution in [1.82, 2.24) is 4.98 Å². The minimum atomic E-state index is -3.74.